The number of ether oxygens (including phenoxy) is 1. The molecule has 1 aromatic heterocycles. The number of carboxylic acid groups (broad SMARTS) is 1. The smallest absolute Gasteiger partial charge is 0.335 e. The van der Waals surface area contributed by atoms with Gasteiger partial charge in [-0.1, -0.05) is 35.5 Å². The number of nitrogens with zero attached hydrogens (tertiary/aromatic N) is 3. The van der Waals surface area contributed by atoms with Gasteiger partial charge in [0.1, 0.15) is 5.75 Å². The van der Waals surface area contributed by atoms with E-state index in [1.165, 1.54) is 48.4 Å². The summed E-state index contributed by atoms with van der Waals surface area (Å²) in [7, 11) is 0. The van der Waals surface area contributed by atoms with Gasteiger partial charge >= 0.3 is 5.97 Å². The topological polar surface area (TPSA) is 106 Å². The molecular weight excluding hydrogens is 580 g/mol. The van der Waals surface area contributed by atoms with Gasteiger partial charge in [0, 0.05) is 5.39 Å². The van der Waals surface area contributed by atoms with Crippen molar-refractivity contribution in [2.45, 2.75) is 30.8 Å². The molecule has 0 saturated heterocycles. The second-order valence-corrected chi connectivity index (χ2v) is 10.6. The fourth-order valence-electron chi connectivity index (χ4n) is 4.15. The molecule has 0 spiro atoms. The van der Waals surface area contributed by atoms with E-state index in [1.807, 2.05) is 23.6 Å². The van der Waals surface area contributed by atoms with Gasteiger partial charge < -0.3 is 15.2 Å². The van der Waals surface area contributed by atoms with E-state index in [0.29, 0.717) is 28.1 Å². The normalized spacial score (nSPS) is 13.1. The molecule has 0 unspecified atom stereocenters. The lowest BCUT2D eigenvalue weighted by Crippen LogP contribution is -2.15. The fourth-order valence-corrected chi connectivity index (χ4v) is 5.68. The second kappa shape index (κ2) is 10.7. The number of carbonyl (C=O) groups is 2. The number of fused-ring (bicyclic) bond motifs is 1. The molecule has 1 saturated carbocycles. The maximum absolute atomic E-state index is 12.7. The van der Waals surface area contributed by atoms with Gasteiger partial charge in [0.2, 0.25) is 10.6 Å². The van der Waals surface area contributed by atoms with Gasteiger partial charge in [-0.15, -0.1) is 10.2 Å². The van der Waals surface area contributed by atoms with Crippen molar-refractivity contribution in [1.29, 1.82) is 0 Å². The third-order valence-electron chi connectivity index (χ3n) is 5.98. The van der Waals surface area contributed by atoms with Crippen LogP contribution in [-0.4, -0.2) is 44.1 Å². The van der Waals surface area contributed by atoms with Crippen LogP contribution in [-0.2, 0) is 4.79 Å². The number of halogens is 2. The molecule has 37 heavy (non-hydrogen) atoms. The van der Waals surface area contributed by atoms with Crippen LogP contribution in [0.2, 0.25) is 5.02 Å². The van der Waals surface area contributed by atoms with Crippen molar-refractivity contribution in [2.75, 3.05) is 17.7 Å². The van der Waals surface area contributed by atoms with Crippen molar-refractivity contribution in [3.05, 3.63) is 69.4 Å². The van der Waals surface area contributed by atoms with Crippen LogP contribution in [0.4, 0.5) is 5.69 Å². The van der Waals surface area contributed by atoms with Gasteiger partial charge in [0.05, 0.1) is 34.3 Å². The molecule has 1 amide bonds. The van der Waals surface area contributed by atoms with Gasteiger partial charge in [-0.2, -0.15) is 0 Å². The van der Waals surface area contributed by atoms with Gasteiger partial charge in [0.25, 0.3) is 0 Å². The zero-order valence-corrected chi connectivity index (χ0v) is 22.9. The Labute approximate surface area is 230 Å². The maximum atomic E-state index is 12.7. The summed E-state index contributed by atoms with van der Waals surface area (Å²) < 4.78 is 8.17. The third-order valence-corrected chi connectivity index (χ3v) is 7.74. The highest BCUT2D eigenvalue weighted by molar-refractivity contribution is 9.10. The minimum Gasteiger partial charge on any atom is -0.494 e. The molecule has 1 fully saturated rings. The van der Waals surface area contributed by atoms with E-state index in [4.69, 9.17) is 21.4 Å². The molecule has 2 N–H and O–H groups in total. The lowest BCUT2D eigenvalue weighted by atomic mass is 9.99. The Kier molecular flexibility index (Phi) is 7.41. The molecule has 3 aromatic carbocycles. The number of rotatable bonds is 9. The van der Waals surface area contributed by atoms with Crippen molar-refractivity contribution >= 4 is 67.6 Å². The van der Waals surface area contributed by atoms with Gasteiger partial charge in [-0.25, -0.2) is 4.79 Å². The number of aromatic nitrogens is 3. The SMILES string of the molecule is CCOc1ccc2c(C3CC3)ccc(-n3c(Br)nnc3SCC(=O)Nc3ccc(C(=O)O)cc3Cl)c2c1. The molecule has 0 atom stereocenters. The zero-order valence-electron chi connectivity index (χ0n) is 19.7. The Hall–Kier alpha value is -3.08. The molecule has 4 aromatic rings. The number of amides is 1. The van der Waals surface area contributed by atoms with E-state index in [-0.39, 0.29) is 22.2 Å². The molecule has 1 aliphatic carbocycles. The number of nitrogens with one attached hydrogen (secondary N) is 1. The van der Waals surface area contributed by atoms with Gasteiger partial charge in [-0.3, -0.25) is 9.36 Å². The van der Waals surface area contributed by atoms with Crippen LogP contribution in [0.25, 0.3) is 16.5 Å². The van der Waals surface area contributed by atoms with Crippen LogP contribution >= 0.6 is 39.3 Å². The Balaban J connectivity index is 1.41. The molecule has 1 heterocycles. The summed E-state index contributed by atoms with van der Waals surface area (Å²) in [6.45, 7) is 2.52. The van der Waals surface area contributed by atoms with Crippen molar-refractivity contribution in [2.24, 2.45) is 0 Å². The highest BCUT2D eigenvalue weighted by Gasteiger charge is 2.27. The number of anilines is 1. The molecule has 1 aliphatic rings. The summed E-state index contributed by atoms with van der Waals surface area (Å²) >= 11 is 10.9. The summed E-state index contributed by atoms with van der Waals surface area (Å²) in [5, 5.41) is 23.2. The molecule has 0 aliphatic heterocycles. The molecule has 190 valence electrons. The molecule has 0 bridgehead atoms. The van der Waals surface area contributed by atoms with Crippen LogP contribution in [0.3, 0.4) is 0 Å². The van der Waals surface area contributed by atoms with E-state index >= 15 is 0 Å². The standard InChI is InChI=1S/C26H22BrClN4O4S/c1-2-36-16-6-7-18-17(14-3-4-14)8-10-22(19(18)12-16)32-25(27)30-31-26(32)37-13-23(33)29-21-9-5-15(24(34)35)11-20(21)28/h5-12,14H,2-4,13H2,1H3,(H,29,33)(H,34,35). The fraction of sp³-hybridized carbons (Fsp3) is 0.231. The van der Waals surface area contributed by atoms with Crippen molar-refractivity contribution in [3.63, 3.8) is 0 Å². The lowest BCUT2D eigenvalue weighted by molar-refractivity contribution is -0.113. The quantitative estimate of drug-likeness (QED) is 0.210. The number of thioether (sulfide) groups is 1. The Bertz CT molecular complexity index is 1520. The zero-order chi connectivity index (χ0) is 26.1. The average molecular weight is 602 g/mol. The van der Waals surface area contributed by atoms with Gasteiger partial charge in [0.15, 0.2) is 5.16 Å². The van der Waals surface area contributed by atoms with E-state index < -0.39 is 5.97 Å². The van der Waals surface area contributed by atoms with Crippen molar-refractivity contribution in [1.82, 2.24) is 14.8 Å². The van der Waals surface area contributed by atoms with Crippen LogP contribution in [0.5, 0.6) is 5.75 Å². The highest BCUT2D eigenvalue weighted by atomic mass is 79.9. The third kappa shape index (κ3) is 5.46. The summed E-state index contributed by atoms with van der Waals surface area (Å²) in [4.78, 5) is 23.8. The largest absolute Gasteiger partial charge is 0.494 e. The molecule has 0 radical (unpaired) electrons. The first-order valence-corrected chi connectivity index (χ1v) is 13.8. The molecule has 8 nitrogen and oxygen atoms in total. The predicted molar refractivity (Wildman–Crippen MR) is 147 cm³/mol. The summed E-state index contributed by atoms with van der Waals surface area (Å²) in [6.07, 6.45) is 2.38. The Morgan fingerprint density at radius 2 is 1.97 bits per heavy atom. The van der Waals surface area contributed by atoms with Crippen molar-refractivity contribution < 1.29 is 19.4 Å². The van der Waals surface area contributed by atoms with E-state index in [0.717, 1.165) is 22.2 Å². The number of aromatic carboxylic acids is 1. The maximum Gasteiger partial charge on any atom is 0.335 e. The van der Waals surface area contributed by atoms with Crippen molar-refractivity contribution in [3.8, 4) is 11.4 Å². The van der Waals surface area contributed by atoms with Crippen LogP contribution in [0, 0.1) is 0 Å². The number of carboxylic acids is 1. The molecular formula is C26H22BrClN4O4S. The first-order valence-electron chi connectivity index (χ1n) is 11.6. The number of hydrogen-bond donors (Lipinski definition) is 2. The van der Waals surface area contributed by atoms with Crippen LogP contribution in [0.15, 0.2) is 58.4 Å². The summed E-state index contributed by atoms with van der Waals surface area (Å²) in [5.74, 6) is 0.00447. The van der Waals surface area contributed by atoms with Crippen LogP contribution in [0.1, 0.15) is 41.6 Å². The van der Waals surface area contributed by atoms with E-state index in [1.54, 1.807) is 0 Å². The van der Waals surface area contributed by atoms with Crippen LogP contribution < -0.4 is 10.1 Å². The first-order chi connectivity index (χ1) is 17.9. The first kappa shape index (κ1) is 25.6. The number of benzene rings is 3. The second-order valence-electron chi connectivity index (χ2n) is 8.51. The minimum absolute atomic E-state index is 0.0442. The Morgan fingerprint density at radius 1 is 1.16 bits per heavy atom. The number of carbonyl (C=O) groups excluding carboxylic acids is 1. The molecule has 11 heteroatoms. The highest BCUT2D eigenvalue weighted by Crippen LogP contribution is 2.45. The predicted octanol–water partition coefficient (Wildman–Crippen LogP) is 6.54. The van der Waals surface area contributed by atoms with Gasteiger partial charge in [-0.05, 0) is 89.0 Å². The van der Waals surface area contributed by atoms with E-state index in [9.17, 15) is 9.59 Å². The lowest BCUT2D eigenvalue weighted by Gasteiger charge is -2.15. The summed E-state index contributed by atoms with van der Waals surface area (Å²) in [5.41, 5.74) is 2.59. The summed E-state index contributed by atoms with van der Waals surface area (Å²) in [6, 6.07) is 14.5. The minimum atomic E-state index is -1.09. The molecule has 5 rings (SSSR count). The monoisotopic (exact) mass is 600 g/mol. The Morgan fingerprint density at radius 3 is 2.68 bits per heavy atom. The average Bonchev–Trinajstić information content (AvgIpc) is 3.66. The number of hydrogen-bond acceptors (Lipinski definition) is 6. The van der Waals surface area contributed by atoms with E-state index in [2.05, 4.69) is 49.6 Å².